The van der Waals surface area contributed by atoms with E-state index in [1.54, 1.807) is 0 Å². The average Bonchev–Trinajstić information content (AvgIpc) is 3.06. The molecule has 0 radical (unpaired) electrons. The lowest BCUT2D eigenvalue weighted by Crippen LogP contribution is -2.40. The molecule has 7 nitrogen and oxygen atoms in total. The highest BCUT2D eigenvalue weighted by atomic mass is 32.1. The molecule has 8 heteroatoms. The van der Waals surface area contributed by atoms with Crippen molar-refractivity contribution in [2.75, 3.05) is 44.0 Å². The number of aromatic nitrogens is 1. The summed E-state index contributed by atoms with van der Waals surface area (Å²) in [4.78, 5) is 18.9. The first-order valence-corrected chi connectivity index (χ1v) is 7.39. The van der Waals surface area contributed by atoms with E-state index in [9.17, 15) is 4.79 Å². The van der Waals surface area contributed by atoms with Crippen molar-refractivity contribution < 1.29 is 14.6 Å². The van der Waals surface area contributed by atoms with Crippen LogP contribution in [0.1, 0.15) is 22.5 Å². The van der Waals surface area contributed by atoms with Gasteiger partial charge in [0.05, 0.1) is 19.3 Å². The largest absolute Gasteiger partial charge is 0.394 e. The van der Waals surface area contributed by atoms with Gasteiger partial charge < -0.3 is 25.8 Å². The molecular formula is C12H20N4O3S. The average molecular weight is 300 g/mol. The van der Waals surface area contributed by atoms with Crippen LogP contribution in [0.25, 0.3) is 0 Å². The van der Waals surface area contributed by atoms with Gasteiger partial charge in [0.15, 0.2) is 5.13 Å². The van der Waals surface area contributed by atoms with Gasteiger partial charge in [0.1, 0.15) is 10.7 Å². The lowest BCUT2D eigenvalue weighted by Gasteiger charge is -2.14. The Kier molecular flexibility index (Phi) is 5.16. The first-order valence-electron chi connectivity index (χ1n) is 6.57. The predicted molar refractivity (Wildman–Crippen MR) is 78.2 cm³/mol. The molecule has 1 fully saturated rings. The Morgan fingerprint density at radius 1 is 1.60 bits per heavy atom. The van der Waals surface area contributed by atoms with Crippen LogP contribution < -0.4 is 16.0 Å². The van der Waals surface area contributed by atoms with E-state index < -0.39 is 6.04 Å². The minimum Gasteiger partial charge on any atom is -0.394 e. The molecule has 1 aromatic rings. The Bertz CT molecular complexity index is 460. The Morgan fingerprint density at radius 2 is 2.30 bits per heavy atom. The summed E-state index contributed by atoms with van der Waals surface area (Å²) in [5, 5.41) is 12.6. The third-order valence-electron chi connectivity index (χ3n) is 3.15. The molecule has 1 unspecified atom stereocenters. The Morgan fingerprint density at radius 3 is 2.90 bits per heavy atom. The number of amides is 1. The highest BCUT2D eigenvalue weighted by Gasteiger charge is 2.23. The van der Waals surface area contributed by atoms with E-state index in [-0.39, 0.29) is 24.9 Å². The Balaban J connectivity index is 2.05. The third-order valence-corrected chi connectivity index (χ3v) is 4.28. The lowest BCUT2D eigenvalue weighted by atomic mass is 10.3. The number of hydrogen-bond acceptors (Lipinski definition) is 7. The second-order valence-corrected chi connectivity index (χ2v) is 5.69. The van der Waals surface area contributed by atoms with E-state index in [4.69, 9.17) is 15.6 Å². The molecule has 1 amide bonds. The smallest absolute Gasteiger partial charge is 0.265 e. The summed E-state index contributed by atoms with van der Waals surface area (Å²) in [6, 6.07) is -0.441. The molecule has 0 bridgehead atoms. The SMILES string of the molecule is COCC(CO)NC(=O)c1sc(N2CCCC2)nc1N. The maximum absolute atomic E-state index is 12.1. The van der Waals surface area contributed by atoms with Crippen LogP contribution >= 0.6 is 11.3 Å². The maximum Gasteiger partial charge on any atom is 0.265 e. The van der Waals surface area contributed by atoms with Gasteiger partial charge in [0, 0.05) is 20.2 Å². The highest BCUT2D eigenvalue weighted by Crippen LogP contribution is 2.30. The molecule has 1 saturated heterocycles. The summed E-state index contributed by atoms with van der Waals surface area (Å²) in [5.74, 6) is -0.0787. The molecule has 1 aliphatic heterocycles. The van der Waals surface area contributed by atoms with E-state index in [0.717, 1.165) is 31.1 Å². The zero-order valence-corrected chi connectivity index (χ0v) is 12.3. The summed E-state index contributed by atoms with van der Waals surface area (Å²) in [7, 11) is 1.52. The van der Waals surface area contributed by atoms with E-state index in [1.165, 1.54) is 18.4 Å². The minimum absolute atomic E-state index is 0.183. The topological polar surface area (TPSA) is 101 Å². The van der Waals surface area contributed by atoms with E-state index in [1.807, 2.05) is 0 Å². The number of nitrogens with one attached hydrogen (secondary N) is 1. The standard InChI is InChI=1S/C12H20N4O3S/c1-19-7-8(6-17)14-11(18)9-10(13)15-12(20-9)16-4-2-3-5-16/h8,17H,2-7,13H2,1H3,(H,14,18). The van der Waals surface area contributed by atoms with Gasteiger partial charge in [0.25, 0.3) is 5.91 Å². The molecule has 0 spiro atoms. The molecule has 1 atom stereocenters. The first kappa shape index (κ1) is 15.0. The molecule has 0 aromatic carbocycles. The number of carbonyl (C=O) groups is 1. The molecule has 0 saturated carbocycles. The number of anilines is 2. The second-order valence-electron chi connectivity index (χ2n) is 4.71. The van der Waals surface area contributed by atoms with Gasteiger partial charge in [0.2, 0.25) is 0 Å². The van der Waals surface area contributed by atoms with Crippen molar-refractivity contribution in [3.8, 4) is 0 Å². The summed E-state index contributed by atoms with van der Waals surface area (Å²) in [6.45, 7) is 1.98. The van der Waals surface area contributed by atoms with Crippen LogP contribution in [0.2, 0.25) is 0 Å². The molecule has 1 aromatic heterocycles. The molecular weight excluding hydrogens is 280 g/mol. The van der Waals surface area contributed by atoms with Gasteiger partial charge in [-0.2, -0.15) is 0 Å². The van der Waals surface area contributed by atoms with Crippen LogP contribution in [-0.2, 0) is 4.74 Å². The highest BCUT2D eigenvalue weighted by molar-refractivity contribution is 7.18. The number of ether oxygens (including phenoxy) is 1. The summed E-state index contributed by atoms with van der Waals surface area (Å²) in [6.07, 6.45) is 2.28. The van der Waals surface area contributed by atoms with Crippen LogP contribution in [0.5, 0.6) is 0 Å². The first-order chi connectivity index (χ1) is 9.65. The fourth-order valence-electron chi connectivity index (χ4n) is 2.12. The van der Waals surface area contributed by atoms with Crippen molar-refractivity contribution in [3.05, 3.63) is 4.88 Å². The van der Waals surface area contributed by atoms with Crippen molar-refractivity contribution >= 4 is 28.2 Å². The van der Waals surface area contributed by atoms with Crippen LogP contribution in [0.15, 0.2) is 0 Å². The van der Waals surface area contributed by atoms with Gasteiger partial charge in [-0.1, -0.05) is 11.3 Å². The van der Waals surface area contributed by atoms with Crippen molar-refractivity contribution in [1.82, 2.24) is 10.3 Å². The minimum atomic E-state index is -0.441. The summed E-state index contributed by atoms with van der Waals surface area (Å²) >= 11 is 1.29. The monoisotopic (exact) mass is 300 g/mol. The molecule has 4 N–H and O–H groups in total. The second kappa shape index (κ2) is 6.87. The van der Waals surface area contributed by atoms with Gasteiger partial charge in [-0.3, -0.25) is 4.79 Å². The molecule has 2 heterocycles. The van der Waals surface area contributed by atoms with Crippen LogP contribution in [0.4, 0.5) is 10.9 Å². The van der Waals surface area contributed by atoms with Crippen LogP contribution in [0, 0.1) is 0 Å². The van der Waals surface area contributed by atoms with Gasteiger partial charge in [-0.15, -0.1) is 0 Å². The van der Waals surface area contributed by atoms with E-state index in [2.05, 4.69) is 15.2 Å². The molecule has 1 aliphatic rings. The number of nitrogen functional groups attached to an aromatic ring is 1. The van der Waals surface area contributed by atoms with Crippen molar-refractivity contribution in [2.45, 2.75) is 18.9 Å². The number of aliphatic hydroxyl groups is 1. The number of aliphatic hydroxyl groups excluding tert-OH is 1. The van der Waals surface area contributed by atoms with Crippen molar-refractivity contribution in [1.29, 1.82) is 0 Å². The Labute approximate surface area is 121 Å². The number of carbonyl (C=O) groups excluding carboxylic acids is 1. The number of thiazole rings is 1. The lowest BCUT2D eigenvalue weighted by molar-refractivity contribution is 0.0844. The van der Waals surface area contributed by atoms with E-state index in [0.29, 0.717) is 4.88 Å². The fourth-order valence-corrected chi connectivity index (χ4v) is 3.06. The molecule has 2 rings (SSSR count). The quantitative estimate of drug-likeness (QED) is 0.687. The van der Waals surface area contributed by atoms with E-state index >= 15 is 0 Å². The Hall–Kier alpha value is -1.38. The van der Waals surface area contributed by atoms with Crippen molar-refractivity contribution in [3.63, 3.8) is 0 Å². The molecule has 20 heavy (non-hydrogen) atoms. The zero-order chi connectivity index (χ0) is 14.5. The summed E-state index contributed by atoms with van der Waals surface area (Å²) in [5.41, 5.74) is 5.82. The van der Waals surface area contributed by atoms with Crippen LogP contribution in [0.3, 0.4) is 0 Å². The predicted octanol–water partition coefficient (Wildman–Crippen LogP) is 0.0626. The normalized spacial score (nSPS) is 16.4. The number of nitrogens with zero attached hydrogens (tertiary/aromatic N) is 2. The molecule has 112 valence electrons. The zero-order valence-electron chi connectivity index (χ0n) is 11.5. The van der Waals surface area contributed by atoms with Gasteiger partial charge in [-0.05, 0) is 12.8 Å². The van der Waals surface area contributed by atoms with Gasteiger partial charge >= 0.3 is 0 Å². The maximum atomic E-state index is 12.1. The molecule has 0 aliphatic carbocycles. The number of nitrogens with two attached hydrogens (primary N) is 1. The van der Waals surface area contributed by atoms with Crippen LogP contribution in [-0.4, -0.2) is 55.5 Å². The number of methoxy groups -OCH3 is 1. The van der Waals surface area contributed by atoms with Crippen molar-refractivity contribution in [2.24, 2.45) is 0 Å². The number of hydrogen-bond donors (Lipinski definition) is 3. The fraction of sp³-hybridized carbons (Fsp3) is 0.667. The number of rotatable bonds is 6. The third kappa shape index (κ3) is 3.38. The summed E-state index contributed by atoms with van der Waals surface area (Å²) < 4.78 is 4.92. The van der Waals surface area contributed by atoms with Gasteiger partial charge in [-0.25, -0.2) is 4.98 Å².